The molecular formula is C24H26N6O3. The van der Waals surface area contributed by atoms with Crippen LogP contribution in [0.1, 0.15) is 28.6 Å². The highest BCUT2D eigenvalue weighted by Gasteiger charge is 2.32. The van der Waals surface area contributed by atoms with Crippen molar-refractivity contribution in [3.63, 3.8) is 0 Å². The van der Waals surface area contributed by atoms with E-state index in [-0.39, 0.29) is 5.56 Å². The molecule has 0 saturated carbocycles. The van der Waals surface area contributed by atoms with E-state index in [2.05, 4.69) is 49.7 Å². The summed E-state index contributed by atoms with van der Waals surface area (Å²) in [5.41, 5.74) is 3.77. The van der Waals surface area contributed by atoms with Crippen LogP contribution in [0.25, 0.3) is 10.9 Å². The Morgan fingerprint density at radius 2 is 1.97 bits per heavy atom. The number of hydrogen-bond acceptors (Lipinski definition) is 7. The predicted molar refractivity (Wildman–Crippen MR) is 123 cm³/mol. The number of H-pyrrole nitrogens is 1. The lowest BCUT2D eigenvalue weighted by molar-refractivity contribution is 0.169. The van der Waals surface area contributed by atoms with E-state index in [1.807, 2.05) is 24.3 Å². The average molecular weight is 447 g/mol. The van der Waals surface area contributed by atoms with Crippen LogP contribution < -0.4 is 10.3 Å². The lowest BCUT2D eigenvalue weighted by atomic mass is 9.96. The van der Waals surface area contributed by atoms with Gasteiger partial charge in [-0.2, -0.15) is 0 Å². The minimum atomic E-state index is -0.402. The Kier molecular flexibility index (Phi) is 5.89. The topological polar surface area (TPSA) is 98.2 Å². The second kappa shape index (κ2) is 9.13. The maximum Gasteiger partial charge on any atom is 0.253 e. The number of ether oxygens (including phenoxy) is 2. The minimum absolute atomic E-state index is 0.166. The van der Waals surface area contributed by atoms with Gasteiger partial charge in [0.2, 0.25) is 0 Å². The maximum atomic E-state index is 13.4. The van der Waals surface area contributed by atoms with Gasteiger partial charge in [0.05, 0.1) is 25.8 Å². The van der Waals surface area contributed by atoms with Gasteiger partial charge >= 0.3 is 0 Å². The first kappa shape index (κ1) is 21.3. The Balaban J connectivity index is 1.63. The summed E-state index contributed by atoms with van der Waals surface area (Å²) in [6.45, 7) is 2.47. The molecular weight excluding hydrogens is 420 g/mol. The normalized spacial score (nSPS) is 14.8. The molecule has 1 aliphatic heterocycles. The molecule has 0 saturated heterocycles. The molecule has 0 unspecified atom stereocenters. The second-order valence-electron chi connectivity index (χ2n) is 8.15. The van der Waals surface area contributed by atoms with Crippen LogP contribution in [0.4, 0.5) is 0 Å². The molecule has 0 amide bonds. The number of nitrogens with one attached hydrogen (secondary N) is 1. The Labute approximate surface area is 190 Å². The van der Waals surface area contributed by atoms with Gasteiger partial charge in [0.1, 0.15) is 11.8 Å². The molecule has 2 aromatic heterocycles. The molecule has 33 heavy (non-hydrogen) atoms. The summed E-state index contributed by atoms with van der Waals surface area (Å²) in [6.07, 6.45) is 0.898. The van der Waals surface area contributed by atoms with Gasteiger partial charge in [0, 0.05) is 31.8 Å². The van der Waals surface area contributed by atoms with Crippen molar-refractivity contribution in [2.45, 2.75) is 25.6 Å². The van der Waals surface area contributed by atoms with Gasteiger partial charge < -0.3 is 14.5 Å². The van der Waals surface area contributed by atoms with Crippen LogP contribution >= 0.6 is 0 Å². The highest BCUT2D eigenvalue weighted by molar-refractivity contribution is 5.80. The molecule has 0 aliphatic carbocycles. The fourth-order valence-electron chi connectivity index (χ4n) is 4.51. The van der Waals surface area contributed by atoms with Crippen molar-refractivity contribution < 1.29 is 9.47 Å². The summed E-state index contributed by atoms with van der Waals surface area (Å²) in [5, 5.41) is 13.4. The monoisotopic (exact) mass is 446 g/mol. The third-order valence-electron chi connectivity index (χ3n) is 6.21. The first-order valence-electron chi connectivity index (χ1n) is 10.9. The van der Waals surface area contributed by atoms with Crippen LogP contribution in [-0.4, -0.2) is 57.5 Å². The molecule has 1 aliphatic rings. The molecule has 9 heteroatoms. The summed E-state index contributed by atoms with van der Waals surface area (Å²) in [4.78, 5) is 18.7. The summed E-state index contributed by atoms with van der Waals surface area (Å²) in [5.74, 6) is 1.32. The van der Waals surface area contributed by atoms with Crippen molar-refractivity contribution in [1.29, 1.82) is 0 Å². The van der Waals surface area contributed by atoms with Crippen molar-refractivity contribution in [2.24, 2.45) is 0 Å². The molecule has 0 bridgehead atoms. The Morgan fingerprint density at radius 3 is 2.79 bits per heavy atom. The smallest absolute Gasteiger partial charge is 0.253 e. The molecule has 0 radical (unpaired) electrons. The number of aromatic nitrogens is 5. The Bertz CT molecular complexity index is 1330. The van der Waals surface area contributed by atoms with E-state index in [0.717, 1.165) is 23.9 Å². The number of nitrogens with zero attached hydrogens (tertiary/aromatic N) is 5. The summed E-state index contributed by atoms with van der Waals surface area (Å²) in [7, 11) is 3.25. The lowest BCUT2D eigenvalue weighted by Crippen LogP contribution is -2.38. The van der Waals surface area contributed by atoms with E-state index in [1.165, 1.54) is 11.1 Å². The maximum absolute atomic E-state index is 13.4. The number of aromatic amines is 1. The lowest BCUT2D eigenvalue weighted by Gasteiger charge is -2.34. The minimum Gasteiger partial charge on any atom is -0.497 e. The molecule has 4 aromatic rings. The van der Waals surface area contributed by atoms with Gasteiger partial charge in [-0.1, -0.05) is 24.3 Å². The summed E-state index contributed by atoms with van der Waals surface area (Å²) in [6, 6.07) is 15.6. The quantitative estimate of drug-likeness (QED) is 0.465. The zero-order chi connectivity index (χ0) is 22.8. The van der Waals surface area contributed by atoms with Crippen molar-refractivity contribution in [3.05, 3.63) is 81.4 Å². The number of hydrogen-bond donors (Lipinski definition) is 1. The second-order valence-corrected chi connectivity index (χ2v) is 8.15. The van der Waals surface area contributed by atoms with Gasteiger partial charge in [0.25, 0.3) is 5.56 Å². The van der Waals surface area contributed by atoms with Crippen LogP contribution in [0, 0.1) is 0 Å². The van der Waals surface area contributed by atoms with E-state index in [4.69, 9.17) is 9.47 Å². The largest absolute Gasteiger partial charge is 0.497 e. The first-order chi connectivity index (χ1) is 16.2. The fraction of sp³-hybridized carbons (Fsp3) is 0.333. The standard InChI is InChI=1S/C24H26N6O3/c1-32-12-11-30-23(26-27-28-30)22(29-10-9-16-5-3-4-6-18(16)15-29)20-13-17-7-8-19(33-2)14-21(17)25-24(20)31/h3-8,13-14,22H,9-12,15H2,1-2H3,(H,25,31)/t22-/m1/s1. The molecule has 1 atom stereocenters. The number of methoxy groups -OCH3 is 2. The van der Waals surface area contributed by atoms with Crippen LogP contribution in [0.15, 0.2) is 53.3 Å². The summed E-state index contributed by atoms with van der Waals surface area (Å²) >= 11 is 0. The molecule has 0 fully saturated rings. The summed E-state index contributed by atoms with van der Waals surface area (Å²) < 4.78 is 12.3. The van der Waals surface area contributed by atoms with Crippen molar-refractivity contribution in [2.75, 3.05) is 27.4 Å². The highest BCUT2D eigenvalue weighted by atomic mass is 16.5. The van der Waals surface area contributed by atoms with Crippen LogP contribution in [0.2, 0.25) is 0 Å². The number of benzene rings is 2. The number of pyridine rings is 1. The third-order valence-corrected chi connectivity index (χ3v) is 6.21. The highest BCUT2D eigenvalue weighted by Crippen LogP contribution is 2.32. The number of tetrazole rings is 1. The zero-order valence-corrected chi connectivity index (χ0v) is 18.7. The molecule has 9 nitrogen and oxygen atoms in total. The number of fused-ring (bicyclic) bond motifs is 2. The van der Waals surface area contributed by atoms with Gasteiger partial charge in [-0.25, -0.2) is 4.68 Å². The van der Waals surface area contributed by atoms with Gasteiger partial charge in [0.15, 0.2) is 5.82 Å². The van der Waals surface area contributed by atoms with E-state index in [0.29, 0.717) is 36.8 Å². The fourth-order valence-corrected chi connectivity index (χ4v) is 4.51. The van der Waals surface area contributed by atoms with Gasteiger partial charge in [-0.3, -0.25) is 9.69 Å². The SMILES string of the molecule is COCCn1nnnc1[C@@H](c1cc2ccc(OC)cc2[nH]c1=O)N1CCc2ccccc2C1. The molecule has 0 spiro atoms. The molecule has 2 aromatic carbocycles. The molecule has 3 heterocycles. The molecule has 5 rings (SSSR count). The number of rotatable bonds is 7. The Hall–Kier alpha value is -3.56. The first-order valence-corrected chi connectivity index (χ1v) is 10.9. The van der Waals surface area contributed by atoms with Crippen LogP contribution in [0.5, 0.6) is 5.75 Å². The van der Waals surface area contributed by atoms with Crippen LogP contribution in [0.3, 0.4) is 0 Å². The third kappa shape index (κ3) is 4.12. The zero-order valence-electron chi connectivity index (χ0n) is 18.7. The van der Waals surface area contributed by atoms with E-state index >= 15 is 0 Å². The van der Waals surface area contributed by atoms with Crippen LogP contribution in [-0.2, 0) is 24.2 Å². The predicted octanol–water partition coefficient (Wildman–Crippen LogP) is 2.32. The van der Waals surface area contributed by atoms with Gasteiger partial charge in [-0.05, 0) is 51.6 Å². The van der Waals surface area contributed by atoms with Crippen molar-refractivity contribution in [1.82, 2.24) is 30.1 Å². The van der Waals surface area contributed by atoms with E-state index in [9.17, 15) is 4.79 Å². The average Bonchev–Trinajstić information content (AvgIpc) is 3.30. The molecule has 170 valence electrons. The van der Waals surface area contributed by atoms with Gasteiger partial charge in [-0.15, -0.1) is 5.10 Å². The van der Waals surface area contributed by atoms with E-state index in [1.54, 1.807) is 18.9 Å². The Morgan fingerprint density at radius 1 is 1.12 bits per heavy atom. The molecule has 1 N–H and O–H groups in total. The van der Waals surface area contributed by atoms with E-state index < -0.39 is 6.04 Å². The van der Waals surface area contributed by atoms with Crippen molar-refractivity contribution >= 4 is 10.9 Å². The van der Waals surface area contributed by atoms with Crippen molar-refractivity contribution in [3.8, 4) is 5.75 Å².